The van der Waals surface area contributed by atoms with Gasteiger partial charge in [-0.15, -0.1) is 0 Å². The van der Waals surface area contributed by atoms with Crippen molar-refractivity contribution in [3.05, 3.63) is 89.6 Å². The fourth-order valence-corrected chi connectivity index (χ4v) is 6.06. The fourth-order valence-electron chi connectivity index (χ4n) is 6.06. The van der Waals surface area contributed by atoms with E-state index in [0.717, 1.165) is 11.4 Å². The number of anilines is 1. The van der Waals surface area contributed by atoms with E-state index < -0.39 is 23.4 Å². The SMILES string of the molecule is CCN(C(=O)Oc1ccc(F)cc1)[C@]1(C(=O)C2CCN(c3ccc(C#N)cn3)CC2)CNC[C@H]1c1ccc(F)cc1. The van der Waals surface area contributed by atoms with Crippen LogP contribution in [-0.2, 0) is 4.79 Å². The second-order valence-corrected chi connectivity index (χ2v) is 10.4. The average Bonchev–Trinajstić information content (AvgIpc) is 3.44. The Kier molecular flexibility index (Phi) is 8.26. The molecule has 5 rings (SSSR count). The number of halogens is 2. The van der Waals surface area contributed by atoms with Crippen LogP contribution in [0.1, 0.15) is 36.8 Å². The molecule has 2 atom stereocenters. The minimum absolute atomic E-state index is 0.0674. The van der Waals surface area contributed by atoms with Crippen molar-refractivity contribution in [2.75, 3.05) is 37.6 Å². The number of nitrogens with one attached hydrogen (secondary N) is 1. The summed E-state index contributed by atoms with van der Waals surface area (Å²) >= 11 is 0. The van der Waals surface area contributed by atoms with Crippen LogP contribution in [0.2, 0.25) is 0 Å². The number of hydrogen-bond acceptors (Lipinski definition) is 7. The number of ether oxygens (including phenoxy) is 1. The summed E-state index contributed by atoms with van der Waals surface area (Å²) in [5, 5.41) is 12.4. The number of likely N-dealkylation sites (N-methyl/N-ethyl adjacent to an activating group) is 1. The lowest BCUT2D eigenvalue weighted by Crippen LogP contribution is -2.64. The predicted molar refractivity (Wildman–Crippen MR) is 148 cm³/mol. The number of piperidine rings is 1. The quantitative estimate of drug-likeness (QED) is 0.450. The van der Waals surface area contributed by atoms with Crippen LogP contribution in [0.25, 0.3) is 0 Å². The molecule has 1 amide bonds. The molecule has 3 aromatic rings. The summed E-state index contributed by atoms with van der Waals surface area (Å²) in [7, 11) is 0. The first kappa shape index (κ1) is 28.2. The van der Waals surface area contributed by atoms with Gasteiger partial charge in [0, 0.05) is 50.8 Å². The molecule has 212 valence electrons. The Morgan fingerprint density at radius 2 is 1.73 bits per heavy atom. The molecule has 3 heterocycles. The van der Waals surface area contributed by atoms with Crippen molar-refractivity contribution in [2.24, 2.45) is 5.92 Å². The van der Waals surface area contributed by atoms with Crippen LogP contribution >= 0.6 is 0 Å². The monoisotopic (exact) mass is 559 g/mol. The number of hydrogen-bond donors (Lipinski definition) is 1. The highest BCUT2D eigenvalue weighted by molar-refractivity contribution is 5.96. The van der Waals surface area contributed by atoms with Crippen LogP contribution in [-0.4, -0.2) is 60.0 Å². The zero-order valence-corrected chi connectivity index (χ0v) is 22.7. The normalized spacial score (nSPS) is 20.8. The van der Waals surface area contributed by atoms with E-state index in [4.69, 9.17) is 10.00 Å². The number of rotatable bonds is 7. The molecule has 1 N–H and O–H groups in total. The lowest BCUT2D eigenvalue weighted by Gasteiger charge is -2.45. The van der Waals surface area contributed by atoms with Gasteiger partial charge in [-0.05, 0) is 73.9 Å². The van der Waals surface area contributed by atoms with Gasteiger partial charge in [-0.25, -0.2) is 18.6 Å². The van der Waals surface area contributed by atoms with Crippen LogP contribution in [0, 0.1) is 28.9 Å². The van der Waals surface area contributed by atoms with Gasteiger partial charge < -0.3 is 15.0 Å². The summed E-state index contributed by atoms with van der Waals surface area (Å²) < 4.78 is 32.9. The maximum absolute atomic E-state index is 14.6. The number of benzene rings is 2. The molecule has 2 fully saturated rings. The molecule has 0 unspecified atom stereocenters. The van der Waals surface area contributed by atoms with E-state index in [1.165, 1.54) is 47.5 Å². The number of amides is 1. The molecular weight excluding hydrogens is 528 g/mol. The molecule has 2 saturated heterocycles. The Morgan fingerprint density at radius 3 is 2.32 bits per heavy atom. The van der Waals surface area contributed by atoms with Crippen molar-refractivity contribution < 1.29 is 23.1 Å². The first-order valence-corrected chi connectivity index (χ1v) is 13.7. The second kappa shape index (κ2) is 12.0. The average molecular weight is 560 g/mol. The molecule has 0 aliphatic carbocycles. The van der Waals surface area contributed by atoms with Crippen molar-refractivity contribution >= 4 is 17.7 Å². The van der Waals surface area contributed by atoms with Crippen LogP contribution < -0.4 is 15.0 Å². The molecule has 10 heteroatoms. The number of ketones is 1. The maximum Gasteiger partial charge on any atom is 0.416 e. The minimum Gasteiger partial charge on any atom is -0.410 e. The number of aromatic nitrogens is 1. The third kappa shape index (κ3) is 5.63. The Balaban J connectivity index is 1.44. The van der Waals surface area contributed by atoms with Crippen LogP contribution in [0.4, 0.5) is 19.4 Å². The topological polar surface area (TPSA) is 98.6 Å². The highest BCUT2D eigenvalue weighted by atomic mass is 19.1. The Bertz CT molecular complexity index is 1420. The van der Waals surface area contributed by atoms with Crippen LogP contribution in [0.3, 0.4) is 0 Å². The number of nitrogens with zero attached hydrogens (tertiary/aromatic N) is 4. The summed E-state index contributed by atoms with van der Waals surface area (Å²) in [6, 6.07) is 16.8. The lowest BCUT2D eigenvalue weighted by molar-refractivity contribution is -0.134. The van der Waals surface area contributed by atoms with E-state index in [1.807, 2.05) is 0 Å². The first-order valence-electron chi connectivity index (χ1n) is 13.7. The summed E-state index contributed by atoms with van der Waals surface area (Å²) in [6.45, 7) is 3.81. The molecule has 0 bridgehead atoms. The summed E-state index contributed by atoms with van der Waals surface area (Å²) in [6.07, 6.45) is 1.94. The van der Waals surface area contributed by atoms with Gasteiger partial charge in [0.05, 0.1) is 5.56 Å². The lowest BCUT2D eigenvalue weighted by atomic mass is 9.71. The third-order valence-corrected chi connectivity index (χ3v) is 8.12. The van der Waals surface area contributed by atoms with Gasteiger partial charge in [-0.2, -0.15) is 5.26 Å². The number of Topliss-reactive ketones (excluding diaryl/α,β-unsaturated/α-hetero) is 1. The summed E-state index contributed by atoms with van der Waals surface area (Å²) in [5.41, 5.74) is -0.0473. The number of pyridine rings is 1. The standard InChI is InChI=1S/C31H31F2N5O3/c1-2-38(30(40)41-26-10-8-25(33)9-11-26)31(20-35-19-27(31)22-4-6-24(32)7-5-22)29(39)23-13-15-37(16-14-23)28-12-3-21(17-34)18-36-28/h3-12,18,23,27,35H,2,13-16,19-20H2,1H3/t27-,31+/m0/s1. The van der Waals surface area contributed by atoms with E-state index in [-0.39, 0.29) is 36.4 Å². The van der Waals surface area contributed by atoms with E-state index in [1.54, 1.807) is 31.2 Å². The van der Waals surface area contributed by atoms with E-state index in [9.17, 15) is 18.4 Å². The molecular formula is C31H31F2N5O3. The summed E-state index contributed by atoms with van der Waals surface area (Å²) in [5.74, 6) is -0.762. The molecule has 41 heavy (non-hydrogen) atoms. The zero-order chi connectivity index (χ0) is 29.0. The van der Waals surface area contributed by atoms with Crippen molar-refractivity contribution in [2.45, 2.75) is 31.2 Å². The smallest absolute Gasteiger partial charge is 0.410 e. The Morgan fingerprint density at radius 1 is 1.07 bits per heavy atom. The molecule has 2 aromatic carbocycles. The van der Waals surface area contributed by atoms with Gasteiger partial charge >= 0.3 is 6.09 Å². The predicted octanol–water partition coefficient (Wildman–Crippen LogP) is 4.66. The second-order valence-electron chi connectivity index (χ2n) is 10.4. The molecule has 0 spiro atoms. The van der Waals surface area contributed by atoms with E-state index in [2.05, 4.69) is 21.3 Å². The highest BCUT2D eigenvalue weighted by Gasteiger charge is 2.57. The fraction of sp³-hybridized carbons (Fsp3) is 0.355. The van der Waals surface area contributed by atoms with Crippen molar-refractivity contribution in [3.8, 4) is 11.8 Å². The van der Waals surface area contributed by atoms with Gasteiger partial charge in [-0.1, -0.05) is 12.1 Å². The zero-order valence-electron chi connectivity index (χ0n) is 22.7. The van der Waals surface area contributed by atoms with Gasteiger partial charge in [0.25, 0.3) is 0 Å². The van der Waals surface area contributed by atoms with Crippen molar-refractivity contribution in [1.82, 2.24) is 15.2 Å². The molecule has 8 nitrogen and oxygen atoms in total. The molecule has 0 radical (unpaired) electrons. The van der Waals surface area contributed by atoms with Crippen LogP contribution in [0.5, 0.6) is 5.75 Å². The third-order valence-electron chi connectivity index (χ3n) is 8.12. The highest BCUT2D eigenvalue weighted by Crippen LogP contribution is 2.42. The Labute approximate surface area is 237 Å². The van der Waals surface area contributed by atoms with Gasteiger partial charge in [0.2, 0.25) is 0 Å². The number of carbonyl (C=O) groups excluding carboxylic acids is 2. The number of carbonyl (C=O) groups is 2. The van der Waals surface area contributed by atoms with Crippen LogP contribution in [0.15, 0.2) is 66.9 Å². The maximum atomic E-state index is 14.6. The molecule has 1 aromatic heterocycles. The van der Waals surface area contributed by atoms with Gasteiger partial charge in [-0.3, -0.25) is 9.69 Å². The molecule has 2 aliphatic heterocycles. The molecule has 0 saturated carbocycles. The molecule has 2 aliphatic rings. The summed E-state index contributed by atoms with van der Waals surface area (Å²) in [4.78, 5) is 36.2. The van der Waals surface area contributed by atoms with Gasteiger partial charge in [0.1, 0.15) is 34.8 Å². The first-order chi connectivity index (χ1) is 19.8. The van der Waals surface area contributed by atoms with E-state index in [0.29, 0.717) is 38.0 Å². The van der Waals surface area contributed by atoms with E-state index >= 15 is 0 Å². The Hall–Kier alpha value is -4.36. The number of nitriles is 1. The minimum atomic E-state index is -1.27. The van der Waals surface area contributed by atoms with Gasteiger partial charge in [0.15, 0.2) is 5.78 Å². The largest absolute Gasteiger partial charge is 0.416 e. The van der Waals surface area contributed by atoms with Crippen molar-refractivity contribution in [3.63, 3.8) is 0 Å². The van der Waals surface area contributed by atoms with Crippen molar-refractivity contribution in [1.29, 1.82) is 5.26 Å².